The highest BCUT2D eigenvalue weighted by Gasteiger charge is 2.08. The lowest BCUT2D eigenvalue weighted by Gasteiger charge is -2.11. The zero-order valence-corrected chi connectivity index (χ0v) is 11.1. The van der Waals surface area contributed by atoms with Gasteiger partial charge in [0.2, 0.25) is 0 Å². The van der Waals surface area contributed by atoms with Crippen LogP contribution in [0.3, 0.4) is 0 Å². The molecule has 0 bridgehead atoms. The second-order valence-corrected chi connectivity index (χ2v) is 5.34. The van der Waals surface area contributed by atoms with Gasteiger partial charge in [-0.15, -0.1) is 11.8 Å². The number of halogens is 2. The molecule has 94 valence electrons. The molecule has 1 aromatic heterocycles. The van der Waals surface area contributed by atoms with Crippen molar-refractivity contribution in [2.24, 2.45) is 5.73 Å². The number of rotatable bonds is 4. The van der Waals surface area contributed by atoms with Crippen LogP contribution in [0.25, 0.3) is 0 Å². The van der Waals surface area contributed by atoms with E-state index in [0.29, 0.717) is 16.3 Å². The average Bonchev–Trinajstić information content (AvgIpc) is 2.38. The standard InChI is InChI=1S/C13H12ClFN2S/c14-10-1-3-12(4-2-10)18-8-13(16)9-5-11(15)7-17-6-9/h1-7,13H,8,16H2. The Balaban J connectivity index is 1.96. The first-order valence-electron chi connectivity index (χ1n) is 5.39. The molecule has 2 rings (SSSR count). The molecule has 1 atom stereocenters. The maximum atomic E-state index is 13.0. The second kappa shape index (κ2) is 6.18. The predicted octanol–water partition coefficient (Wildman–Crippen LogP) is 3.67. The van der Waals surface area contributed by atoms with E-state index in [1.54, 1.807) is 18.0 Å². The van der Waals surface area contributed by atoms with Gasteiger partial charge >= 0.3 is 0 Å². The van der Waals surface area contributed by atoms with Gasteiger partial charge in [0, 0.05) is 27.9 Å². The van der Waals surface area contributed by atoms with Crippen LogP contribution in [0.4, 0.5) is 4.39 Å². The molecule has 0 aliphatic heterocycles. The van der Waals surface area contributed by atoms with Gasteiger partial charge in [-0.1, -0.05) is 11.6 Å². The van der Waals surface area contributed by atoms with Crippen LogP contribution in [0.15, 0.2) is 47.6 Å². The third-order valence-electron chi connectivity index (χ3n) is 2.40. The van der Waals surface area contributed by atoms with Crippen molar-refractivity contribution >= 4 is 23.4 Å². The Morgan fingerprint density at radius 3 is 2.67 bits per heavy atom. The summed E-state index contributed by atoms with van der Waals surface area (Å²) < 4.78 is 13.0. The zero-order chi connectivity index (χ0) is 13.0. The quantitative estimate of drug-likeness (QED) is 0.870. The fraction of sp³-hybridized carbons (Fsp3) is 0.154. The van der Waals surface area contributed by atoms with Crippen molar-refractivity contribution in [1.82, 2.24) is 4.98 Å². The van der Waals surface area contributed by atoms with E-state index in [9.17, 15) is 4.39 Å². The summed E-state index contributed by atoms with van der Waals surface area (Å²) in [7, 11) is 0. The van der Waals surface area contributed by atoms with Crippen LogP contribution in [0.5, 0.6) is 0 Å². The number of pyridine rings is 1. The van der Waals surface area contributed by atoms with Gasteiger partial charge < -0.3 is 5.73 Å². The van der Waals surface area contributed by atoms with E-state index in [4.69, 9.17) is 17.3 Å². The molecule has 1 aromatic carbocycles. The molecule has 0 aliphatic rings. The van der Waals surface area contributed by atoms with Crippen molar-refractivity contribution < 1.29 is 4.39 Å². The van der Waals surface area contributed by atoms with Crippen LogP contribution in [0.1, 0.15) is 11.6 Å². The summed E-state index contributed by atoms with van der Waals surface area (Å²) in [4.78, 5) is 4.87. The predicted molar refractivity (Wildman–Crippen MR) is 73.3 cm³/mol. The SMILES string of the molecule is NC(CSc1ccc(Cl)cc1)c1cncc(F)c1. The number of nitrogens with zero attached hydrogens (tertiary/aromatic N) is 1. The van der Waals surface area contributed by atoms with Crippen LogP contribution >= 0.6 is 23.4 Å². The van der Waals surface area contributed by atoms with Crippen molar-refractivity contribution in [2.75, 3.05) is 5.75 Å². The van der Waals surface area contributed by atoms with E-state index in [0.717, 1.165) is 4.90 Å². The van der Waals surface area contributed by atoms with E-state index in [-0.39, 0.29) is 11.9 Å². The van der Waals surface area contributed by atoms with Gasteiger partial charge in [-0.05, 0) is 35.9 Å². The molecule has 0 amide bonds. The Kier molecular flexibility index (Phi) is 4.58. The molecule has 0 spiro atoms. The smallest absolute Gasteiger partial charge is 0.141 e. The molecule has 2 nitrogen and oxygen atoms in total. The van der Waals surface area contributed by atoms with Gasteiger partial charge in [0.15, 0.2) is 0 Å². The third-order valence-corrected chi connectivity index (χ3v) is 3.78. The molecule has 0 radical (unpaired) electrons. The summed E-state index contributed by atoms with van der Waals surface area (Å²) >= 11 is 7.41. The van der Waals surface area contributed by atoms with Crippen molar-refractivity contribution in [3.8, 4) is 0 Å². The summed E-state index contributed by atoms with van der Waals surface area (Å²) in [6.07, 6.45) is 2.76. The lowest BCUT2D eigenvalue weighted by molar-refractivity contribution is 0.615. The molecule has 5 heteroatoms. The summed E-state index contributed by atoms with van der Waals surface area (Å²) in [6.45, 7) is 0. The zero-order valence-electron chi connectivity index (χ0n) is 9.51. The first kappa shape index (κ1) is 13.3. The number of hydrogen-bond acceptors (Lipinski definition) is 3. The number of benzene rings is 1. The molecule has 1 heterocycles. The molecule has 2 aromatic rings. The van der Waals surface area contributed by atoms with Gasteiger partial charge in [0.25, 0.3) is 0 Å². The maximum Gasteiger partial charge on any atom is 0.141 e. The van der Waals surface area contributed by atoms with Gasteiger partial charge in [0.1, 0.15) is 5.82 Å². The van der Waals surface area contributed by atoms with Crippen molar-refractivity contribution in [2.45, 2.75) is 10.9 Å². The van der Waals surface area contributed by atoms with Crippen LogP contribution in [0, 0.1) is 5.82 Å². The van der Waals surface area contributed by atoms with E-state index >= 15 is 0 Å². The highest BCUT2D eigenvalue weighted by atomic mass is 35.5. The van der Waals surface area contributed by atoms with E-state index in [2.05, 4.69) is 4.98 Å². The topological polar surface area (TPSA) is 38.9 Å². The molecule has 18 heavy (non-hydrogen) atoms. The third kappa shape index (κ3) is 3.70. The van der Waals surface area contributed by atoms with E-state index in [1.807, 2.05) is 24.3 Å². The lowest BCUT2D eigenvalue weighted by Crippen LogP contribution is -2.13. The minimum atomic E-state index is -0.362. The Hall–Kier alpha value is -1.10. The Labute approximate surface area is 114 Å². The summed E-state index contributed by atoms with van der Waals surface area (Å²) in [5.74, 6) is 0.298. The fourth-order valence-corrected chi connectivity index (χ4v) is 2.46. The fourth-order valence-electron chi connectivity index (χ4n) is 1.44. The van der Waals surface area contributed by atoms with Crippen molar-refractivity contribution in [1.29, 1.82) is 0 Å². The number of thioether (sulfide) groups is 1. The average molecular weight is 283 g/mol. The second-order valence-electron chi connectivity index (χ2n) is 3.81. The van der Waals surface area contributed by atoms with Crippen LogP contribution in [0.2, 0.25) is 5.02 Å². The molecule has 0 fully saturated rings. The molecule has 0 saturated carbocycles. The van der Waals surface area contributed by atoms with Gasteiger partial charge in [-0.25, -0.2) is 4.39 Å². The van der Waals surface area contributed by atoms with Crippen molar-refractivity contribution in [3.63, 3.8) is 0 Å². The summed E-state index contributed by atoms with van der Waals surface area (Å²) in [5.41, 5.74) is 6.69. The highest BCUT2D eigenvalue weighted by Crippen LogP contribution is 2.24. The number of hydrogen-bond donors (Lipinski definition) is 1. The monoisotopic (exact) mass is 282 g/mol. The van der Waals surface area contributed by atoms with Gasteiger partial charge in [-0.2, -0.15) is 0 Å². The van der Waals surface area contributed by atoms with Crippen molar-refractivity contribution in [3.05, 3.63) is 59.1 Å². The number of nitrogens with two attached hydrogens (primary N) is 1. The van der Waals surface area contributed by atoms with Crippen LogP contribution in [-0.4, -0.2) is 10.7 Å². The van der Waals surface area contributed by atoms with E-state index < -0.39 is 0 Å². The molecular weight excluding hydrogens is 271 g/mol. The lowest BCUT2D eigenvalue weighted by atomic mass is 10.1. The first-order chi connectivity index (χ1) is 8.65. The molecular formula is C13H12ClFN2S. The number of aromatic nitrogens is 1. The van der Waals surface area contributed by atoms with E-state index in [1.165, 1.54) is 12.3 Å². The highest BCUT2D eigenvalue weighted by molar-refractivity contribution is 7.99. The Morgan fingerprint density at radius 1 is 1.28 bits per heavy atom. The first-order valence-corrected chi connectivity index (χ1v) is 6.76. The summed E-state index contributed by atoms with van der Waals surface area (Å²) in [5, 5.41) is 0.706. The normalized spacial score (nSPS) is 12.4. The summed E-state index contributed by atoms with van der Waals surface area (Å²) in [6, 6.07) is 8.71. The maximum absolute atomic E-state index is 13.0. The largest absolute Gasteiger partial charge is 0.323 e. The van der Waals surface area contributed by atoms with Crippen LogP contribution in [-0.2, 0) is 0 Å². The minimum Gasteiger partial charge on any atom is -0.323 e. The van der Waals surface area contributed by atoms with Gasteiger partial charge in [0.05, 0.1) is 6.20 Å². The molecule has 1 unspecified atom stereocenters. The molecule has 0 aliphatic carbocycles. The Morgan fingerprint density at radius 2 is 2.00 bits per heavy atom. The van der Waals surface area contributed by atoms with Gasteiger partial charge in [-0.3, -0.25) is 4.98 Å². The Bertz CT molecular complexity index is 519. The minimum absolute atomic E-state index is 0.242. The molecule has 2 N–H and O–H groups in total. The van der Waals surface area contributed by atoms with Crippen LogP contribution < -0.4 is 5.73 Å². The molecule has 0 saturated heterocycles.